The minimum Gasteiger partial charge on any atom is -0.325 e. The Hall–Kier alpha value is -1.76. The molecule has 2 rings (SSSR count). The van der Waals surface area contributed by atoms with E-state index in [1.807, 2.05) is 10.9 Å². The fourth-order valence-electron chi connectivity index (χ4n) is 1.46. The summed E-state index contributed by atoms with van der Waals surface area (Å²) in [5.74, 6) is 0.885. The summed E-state index contributed by atoms with van der Waals surface area (Å²) >= 11 is 0. The molecule has 0 radical (unpaired) electrons. The third-order valence-electron chi connectivity index (χ3n) is 2.23. The van der Waals surface area contributed by atoms with E-state index in [4.69, 9.17) is 5.73 Å². The van der Waals surface area contributed by atoms with Crippen LogP contribution in [-0.2, 0) is 19.6 Å². The van der Waals surface area contributed by atoms with Gasteiger partial charge in [0.25, 0.3) is 0 Å². The minimum absolute atomic E-state index is 0.404. The molecule has 0 unspecified atom stereocenters. The largest absolute Gasteiger partial charge is 0.325 e. The molecule has 0 aliphatic rings. The highest BCUT2D eigenvalue weighted by atomic mass is 15.4. The van der Waals surface area contributed by atoms with E-state index < -0.39 is 0 Å². The number of hydrogen-bond acceptors (Lipinski definition) is 5. The molecule has 0 aromatic carbocycles. The second-order valence-corrected chi connectivity index (χ2v) is 3.51. The average molecular weight is 221 g/mol. The highest BCUT2D eigenvalue weighted by molar-refractivity contribution is 4.93. The average Bonchev–Trinajstić information content (AvgIpc) is 2.90. The Labute approximate surface area is 93.3 Å². The number of aromatic nitrogens is 6. The zero-order valence-electron chi connectivity index (χ0n) is 9.24. The Morgan fingerprint density at radius 3 is 3.00 bits per heavy atom. The molecule has 2 heterocycles. The first kappa shape index (κ1) is 10.7. The van der Waals surface area contributed by atoms with Crippen molar-refractivity contribution in [2.24, 2.45) is 5.73 Å². The van der Waals surface area contributed by atoms with E-state index in [-0.39, 0.29) is 0 Å². The first-order valence-electron chi connectivity index (χ1n) is 5.29. The van der Waals surface area contributed by atoms with Gasteiger partial charge in [0.1, 0.15) is 18.7 Å². The molecular formula is C9H15N7. The Kier molecular flexibility index (Phi) is 3.25. The van der Waals surface area contributed by atoms with Gasteiger partial charge in [-0.15, -0.1) is 5.10 Å². The highest BCUT2D eigenvalue weighted by Gasteiger charge is 2.06. The van der Waals surface area contributed by atoms with Gasteiger partial charge in [0, 0.05) is 13.1 Å². The van der Waals surface area contributed by atoms with Gasteiger partial charge < -0.3 is 5.73 Å². The standard InChI is InChI=1S/C9H15N7/c1-2-3-16-9(11-7-12-16)6-15-5-8(4-10)13-14-15/h5,7H,2-4,6,10H2,1H3. The van der Waals surface area contributed by atoms with Crippen molar-refractivity contribution < 1.29 is 0 Å². The number of hydrogen-bond donors (Lipinski definition) is 1. The van der Waals surface area contributed by atoms with Gasteiger partial charge in [-0.1, -0.05) is 12.1 Å². The van der Waals surface area contributed by atoms with Crippen molar-refractivity contribution in [1.82, 2.24) is 29.8 Å². The molecule has 0 fully saturated rings. The molecule has 0 saturated heterocycles. The third-order valence-corrected chi connectivity index (χ3v) is 2.23. The van der Waals surface area contributed by atoms with Crippen LogP contribution in [0.5, 0.6) is 0 Å². The zero-order valence-corrected chi connectivity index (χ0v) is 9.24. The molecule has 0 bridgehead atoms. The van der Waals surface area contributed by atoms with Gasteiger partial charge in [0.05, 0.1) is 11.9 Å². The summed E-state index contributed by atoms with van der Waals surface area (Å²) in [7, 11) is 0. The molecule has 2 aromatic heterocycles. The molecule has 0 aliphatic heterocycles. The van der Waals surface area contributed by atoms with Gasteiger partial charge in [0.2, 0.25) is 0 Å². The van der Waals surface area contributed by atoms with Gasteiger partial charge in [0.15, 0.2) is 0 Å². The lowest BCUT2D eigenvalue weighted by Gasteiger charge is -2.03. The summed E-state index contributed by atoms with van der Waals surface area (Å²) in [5.41, 5.74) is 6.24. The maximum absolute atomic E-state index is 5.47. The Balaban J connectivity index is 2.10. The van der Waals surface area contributed by atoms with Crippen LogP contribution in [0.1, 0.15) is 24.9 Å². The molecule has 86 valence electrons. The van der Waals surface area contributed by atoms with E-state index in [2.05, 4.69) is 27.3 Å². The lowest BCUT2D eigenvalue weighted by Crippen LogP contribution is -2.10. The molecule has 0 atom stereocenters. The van der Waals surface area contributed by atoms with Crippen LogP contribution in [0.25, 0.3) is 0 Å². The predicted molar refractivity (Wildman–Crippen MR) is 57.3 cm³/mol. The molecule has 0 aliphatic carbocycles. The Morgan fingerprint density at radius 1 is 1.44 bits per heavy atom. The van der Waals surface area contributed by atoms with Crippen molar-refractivity contribution in [3.63, 3.8) is 0 Å². The van der Waals surface area contributed by atoms with Crippen LogP contribution in [0.2, 0.25) is 0 Å². The van der Waals surface area contributed by atoms with Crippen LogP contribution in [0.15, 0.2) is 12.5 Å². The van der Waals surface area contributed by atoms with Gasteiger partial charge in [-0.3, -0.25) is 0 Å². The lowest BCUT2D eigenvalue weighted by atomic mass is 10.4. The van der Waals surface area contributed by atoms with Crippen LogP contribution in [0, 0.1) is 0 Å². The fraction of sp³-hybridized carbons (Fsp3) is 0.556. The zero-order chi connectivity index (χ0) is 11.4. The van der Waals surface area contributed by atoms with Crippen LogP contribution < -0.4 is 5.73 Å². The molecule has 7 heteroatoms. The SMILES string of the molecule is CCCn1ncnc1Cn1cc(CN)nn1. The first-order valence-corrected chi connectivity index (χ1v) is 5.29. The summed E-state index contributed by atoms with van der Waals surface area (Å²) < 4.78 is 3.60. The van der Waals surface area contributed by atoms with Crippen molar-refractivity contribution in [3.8, 4) is 0 Å². The van der Waals surface area contributed by atoms with Crippen LogP contribution in [0.4, 0.5) is 0 Å². The molecule has 2 aromatic rings. The van der Waals surface area contributed by atoms with Crippen LogP contribution >= 0.6 is 0 Å². The van der Waals surface area contributed by atoms with Crippen molar-refractivity contribution >= 4 is 0 Å². The van der Waals surface area contributed by atoms with Crippen molar-refractivity contribution in [1.29, 1.82) is 0 Å². The van der Waals surface area contributed by atoms with Gasteiger partial charge in [-0.05, 0) is 6.42 Å². The molecular weight excluding hydrogens is 206 g/mol. The second kappa shape index (κ2) is 4.84. The number of nitrogens with two attached hydrogens (primary N) is 1. The van der Waals surface area contributed by atoms with E-state index in [1.54, 1.807) is 11.0 Å². The molecule has 16 heavy (non-hydrogen) atoms. The lowest BCUT2D eigenvalue weighted by molar-refractivity contribution is 0.532. The van der Waals surface area contributed by atoms with Crippen molar-refractivity contribution in [2.75, 3.05) is 0 Å². The quantitative estimate of drug-likeness (QED) is 0.754. The maximum Gasteiger partial charge on any atom is 0.148 e. The van der Waals surface area contributed by atoms with Crippen molar-refractivity contribution in [3.05, 3.63) is 24.0 Å². The highest BCUT2D eigenvalue weighted by Crippen LogP contribution is 2.00. The number of aryl methyl sites for hydroxylation is 1. The normalized spacial score (nSPS) is 10.9. The van der Waals surface area contributed by atoms with Gasteiger partial charge in [-0.2, -0.15) is 5.10 Å². The van der Waals surface area contributed by atoms with E-state index >= 15 is 0 Å². The Bertz CT molecular complexity index is 444. The summed E-state index contributed by atoms with van der Waals surface area (Å²) in [4.78, 5) is 4.20. The van der Waals surface area contributed by atoms with Gasteiger partial charge in [-0.25, -0.2) is 14.3 Å². The maximum atomic E-state index is 5.47. The smallest absolute Gasteiger partial charge is 0.148 e. The summed E-state index contributed by atoms with van der Waals surface area (Å²) in [6, 6.07) is 0. The number of rotatable bonds is 5. The number of nitrogens with zero attached hydrogens (tertiary/aromatic N) is 6. The monoisotopic (exact) mass is 221 g/mol. The predicted octanol–water partition coefficient (Wildman–Crippen LogP) is -0.213. The van der Waals surface area contributed by atoms with Crippen LogP contribution in [-0.4, -0.2) is 29.8 Å². The Morgan fingerprint density at radius 2 is 2.31 bits per heavy atom. The third kappa shape index (κ3) is 2.25. The molecule has 0 amide bonds. The van der Waals surface area contributed by atoms with Gasteiger partial charge >= 0.3 is 0 Å². The van der Waals surface area contributed by atoms with E-state index in [0.717, 1.165) is 24.5 Å². The van der Waals surface area contributed by atoms with E-state index in [1.165, 1.54) is 0 Å². The molecule has 0 spiro atoms. The molecule has 2 N–H and O–H groups in total. The summed E-state index contributed by atoms with van der Waals surface area (Å²) in [6.07, 6.45) is 4.42. The minimum atomic E-state index is 0.404. The fourth-order valence-corrected chi connectivity index (χ4v) is 1.46. The van der Waals surface area contributed by atoms with Crippen molar-refractivity contribution in [2.45, 2.75) is 33.0 Å². The van der Waals surface area contributed by atoms with Crippen LogP contribution in [0.3, 0.4) is 0 Å². The van der Waals surface area contributed by atoms with E-state index in [0.29, 0.717) is 13.1 Å². The van der Waals surface area contributed by atoms with E-state index in [9.17, 15) is 0 Å². The molecule has 0 saturated carbocycles. The first-order chi connectivity index (χ1) is 7.83. The topological polar surface area (TPSA) is 87.4 Å². The summed E-state index contributed by atoms with van der Waals surface area (Å²) in [5, 5.41) is 12.0. The second-order valence-electron chi connectivity index (χ2n) is 3.51. The summed E-state index contributed by atoms with van der Waals surface area (Å²) in [6.45, 7) is 3.95. The molecule has 7 nitrogen and oxygen atoms in total.